The molecule has 4 heterocycles. The van der Waals surface area contributed by atoms with Crippen LogP contribution in [0.1, 0.15) is 88.5 Å². The molecule has 1 fully saturated rings. The normalized spacial score (nSPS) is 19.1. The van der Waals surface area contributed by atoms with Crippen molar-refractivity contribution < 1.29 is 98.2 Å². The van der Waals surface area contributed by atoms with Gasteiger partial charge in [-0.3, -0.25) is 14.1 Å². The number of imide groups is 1. The quantitative estimate of drug-likeness (QED) is 0.0498. The first-order valence-electron chi connectivity index (χ1n) is 23.1. The summed E-state index contributed by atoms with van der Waals surface area (Å²) in [7, 11) is -7.65. The average Bonchev–Trinajstić information content (AvgIpc) is 3.73. The second-order valence-electron chi connectivity index (χ2n) is 18.2. The van der Waals surface area contributed by atoms with E-state index in [1.165, 1.54) is 18.2 Å². The molecule has 20 heteroatoms. The molecular formula is C51H59N3NaO14S2+. The first kappa shape index (κ1) is 55.5. The Morgan fingerprint density at radius 1 is 0.915 bits per heavy atom. The number of amides is 2. The van der Waals surface area contributed by atoms with Gasteiger partial charge in [0.1, 0.15) is 28.2 Å². The van der Waals surface area contributed by atoms with E-state index in [1.54, 1.807) is 7.11 Å². The molecule has 3 aromatic rings. The van der Waals surface area contributed by atoms with Crippen LogP contribution in [0.5, 0.6) is 5.75 Å². The van der Waals surface area contributed by atoms with Crippen molar-refractivity contribution in [2.75, 3.05) is 63.9 Å². The predicted molar refractivity (Wildman–Crippen MR) is 261 cm³/mol. The van der Waals surface area contributed by atoms with Gasteiger partial charge in [0.05, 0.1) is 54.6 Å². The van der Waals surface area contributed by atoms with E-state index >= 15 is 0 Å². The first-order valence-corrected chi connectivity index (χ1v) is 26.1. The summed E-state index contributed by atoms with van der Waals surface area (Å²) in [5.41, 5.74) is 5.57. The number of carbonyl (C=O) groups excluding carboxylic acids is 3. The molecule has 1 N–H and O–H groups in total. The minimum absolute atomic E-state index is 0. The van der Waals surface area contributed by atoms with Gasteiger partial charge in [-0.2, -0.15) is 13.0 Å². The second-order valence-corrected chi connectivity index (χ2v) is 21.2. The third-order valence-corrected chi connectivity index (χ3v) is 14.4. The van der Waals surface area contributed by atoms with Crippen LogP contribution >= 0.6 is 0 Å². The number of benzene rings is 3. The Morgan fingerprint density at radius 3 is 2.28 bits per heavy atom. The molecule has 0 bridgehead atoms. The number of anilines is 1. The Labute approximate surface area is 437 Å². The van der Waals surface area contributed by atoms with Crippen LogP contribution in [0.3, 0.4) is 0 Å². The molecule has 17 nitrogen and oxygen atoms in total. The fourth-order valence-electron chi connectivity index (χ4n) is 9.42. The summed E-state index contributed by atoms with van der Waals surface area (Å²) >= 11 is 0. The largest absolute Gasteiger partial charge is 1.00 e. The van der Waals surface area contributed by atoms with E-state index in [9.17, 15) is 40.3 Å². The maximum Gasteiger partial charge on any atom is 1.00 e. The Balaban J connectivity index is 0.00000825. The van der Waals surface area contributed by atoms with Crippen molar-refractivity contribution in [1.29, 1.82) is 0 Å². The number of rotatable bonds is 22. The van der Waals surface area contributed by atoms with Gasteiger partial charge in [-0.15, -0.1) is 5.06 Å². The van der Waals surface area contributed by atoms with Crippen LogP contribution in [0.15, 0.2) is 95.9 Å². The van der Waals surface area contributed by atoms with Crippen molar-refractivity contribution in [1.82, 2.24) is 5.06 Å². The standard InChI is InChI=1S/C51H59N3O14S2.Na/c1-35-34-50(2,3)53(23-24-65-27-28-66-26-25-64-5)43-33-45-40(32-39(35)43)37(30-44(67-45)36-12-7-6-8-13-36)14-9-15-46-51(4,21-10-16-49(57)68-54-47(55)19-20-48(54)56)41-31-38(70(61,62)63)17-18-42(41)52(46)22-11-29-69(58,59)60;/h6-9,12-15,17-18,30-34H,10-11,16,19-29H2,1-5H3,(H-,58,59,60,61,62,63);/q;+1. The third-order valence-electron chi connectivity index (χ3n) is 12.8. The molecule has 4 aliphatic rings. The van der Waals surface area contributed by atoms with E-state index in [4.69, 9.17) is 23.8 Å². The Bertz CT molecular complexity index is 2900. The van der Waals surface area contributed by atoms with Crippen LogP contribution in [0.4, 0.5) is 11.4 Å². The number of methoxy groups -OCH3 is 1. The molecule has 0 saturated carbocycles. The zero-order valence-corrected chi connectivity index (χ0v) is 44.6. The van der Waals surface area contributed by atoms with E-state index in [0.29, 0.717) is 73.1 Å². The molecule has 0 aliphatic carbocycles. The van der Waals surface area contributed by atoms with Crippen LogP contribution in [0, 0.1) is 0 Å². The SMILES string of the molecule is COCCOCCOCCN1c2cc3c(cc2C(C)=CC1(C)C)C(=CC=CC1=[N+](CCCS(=O)(=O)O)c2ccc(S(=O)(=O)[O-])cc2C1(C)CCCC(=O)ON1C(=O)CCC1=O)C=C(c1ccccc1)O3.[Na+]. The van der Waals surface area contributed by atoms with Crippen molar-refractivity contribution in [2.45, 2.75) is 82.1 Å². The monoisotopic (exact) mass is 1020 g/mol. The summed E-state index contributed by atoms with van der Waals surface area (Å²) in [6, 6.07) is 17.8. The van der Waals surface area contributed by atoms with E-state index in [0.717, 1.165) is 33.5 Å². The molecular weight excluding hydrogens is 966 g/mol. The third kappa shape index (κ3) is 13.2. The number of allylic oxidation sites excluding steroid dienone is 6. The van der Waals surface area contributed by atoms with Crippen LogP contribution in [0.25, 0.3) is 16.9 Å². The summed E-state index contributed by atoms with van der Waals surface area (Å²) in [6.45, 7) is 11.2. The molecule has 374 valence electrons. The summed E-state index contributed by atoms with van der Waals surface area (Å²) in [6.07, 6.45) is 9.69. The van der Waals surface area contributed by atoms with Gasteiger partial charge in [0.25, 0.3) is 21.9 Å². The molecule has 0 radical (unpaired) electrons. The van der Waals surface area contributed by atoms with E-state index < -0.39 is 54.1 Å². The van der Waals surface area contributed by atoms with Crippen LogP contribution in [0.2, 0.25) is 0 Å². The molecule has 4 aliphatic heterocycles. The van der Waals surface area contributed by atoms with E-state index in [-0.39, 0.29) is 80.2 Å². The van der Waals surface area contributed by atoms with Gasteiger partial charge in [0, 0.05) is 85.5 Å². The van der Waals surface area contributed by atoms with Crippen LogP contribution in [-0.2, 0) is 59.1 Å². The van der Waals surface area contributed by atoms with Gasteiger partial charge in [0.2, 0.25) is 5.69 Å². The Hall–Kier alpha value is -4.80. The topological polar surface area (TPSA) is 218 Å². The molecule has 1 atom stereocenters. The Morgan fingerprint density at radius 2 is 1.61 bits per heavy atom. The number of carbonyl (C=O) groups is 3. The smallest absolute Gasteiger partial charge is 0.744 e. The van der Waals surface area contributed by atoms with E-state index in [1.807, 2.05) is 66.1 Å². The van der Waals surface area contributed by atoms with Crippen molar-refractivity contribution in [3.63, 3.8) is 0 Å². The van der Waals surface area contributed by atoms with Crippen LogP contribution < -0.4 is 39.2 Å². The van der Waals surface area contributed by atoms with Gasteiger partial charge < -0.3 is 33.2 Å². The molecule has 71 heavy (non-hydrogen) atoms. The van der Waals surface area contributed by atoms with Crippen LogP contribution in [-0.4, -0.2) is 124 Å². The number of hydrogen-bond acceptors (Lipinski definition) is 14. The molecule has 0 aromatic heterocycles. The van der Waals surface area contributed by atoms with Gasteiger partial charge >= 0.3 is 35.5 Å². The first-order chi connectivity index (χ1) is 33.2. The van der Waals surface area contributed by atoms with Gasteiger partial charge in [-0.25, -0.2) is 13.2 Å². The van der Waals surface area contributed by atoms with Crippen molar-refractivity contribution in [3.8, 4) is 5.75 Å². The van der Waals surface area contributed by atoms with Gasteiger partial charge in [-0.1, -0.05) is 48.6 Å². The molecule has 1 unspecified atom stereocenters. The number of fused-ring (bicyclic) bond motifs is 3. The number of hydroxylamine groups is 2. The zero-order chi connectivity index (χ0) is 50.4. The summed E-state index contributed by atoms with van der Waals surface area (Å²) in [5.74, 6) is -1.40. The molecule has 7 rings (SSSR count). The maximum absolute atomic E-state index is 13.0. The number of hydrogen-bond donors (Lipinski definition) is 1. The van der Waals surface area contributed by atoms with Crippen molar-refractivity contribution in [2.24, 2.45) is 0 Å². The van der Waals surface area contributed by atoms with Gasteiger partial charge in [-0.05, 0) is 76.0 Å². The summed E-state index contributed by atoms with van der Waals surface area (Å²) in [5, 5.41) is 0.474. The summed E-state index contributed by atoms with van der Waals surface area (Å²) < 4.78 is 95.9. The van der Waals surface area contributed by atoms with Crippen molar-refractivity contribution >= 4 is 72.0 Å². The molecule has 2 amide bonds. The number of nitrogens with zero attached hydrogens (tertiary/aromatic N) is 3. The maximum atomic E-state index is 13.0. The number of ether oxygens (including phenoxy) is 4. The average molecular weight is 1030 g/mol. The van der Waals surface area contributed by atoms with Crippen molar-refractivity contribution in [3.05, 3.63) is 113 Å². The predicted octanol–water partition coefficient (Wildman–Crippen LogP) is 3.76. The minimum atomic E-state index is -4.92. The molecule has 0 spiro atoms. The fraction of sp³-hybridized carbons (Fsp3) is 0.412. The van der Waals surface area contributed by atoms with Gasteiger partial charge in [0.15, 0.2) is 5.71 Å². The molecule has 3 aromatic carbocycles. The second kappa shape index (κ2) is 23.4. The zero-order valence-electron chi connectivity index (χ0n) is 41.0. The molecule has 1 saturated heterocycles. The fourth-order valence-corrected chi connectivity index (χ4v) is 10.4. The van der Waals surface area contributed by atoms with E-state index in [2.05, 4.69) is 43.9 Å². The Kier molecular flexibility index (Phi) is 18.3. The minimum Gasteiger partial charge on any atom is -0.744 e. The summed E-state index contributed by atoms with van der Waals surface area (Å²) in [4.78, 5) is 44.2.